The predicted octanol–water partition coefficient (Wildman–Crippen LogP) is 1.67. The van der Waals surface area contributed by atoms with Gasteiger partial charge in [0.15, 0.2) is 0 Å². The lowest BCUT2D eigenvalue weighted by Crippen LogP contribution is -2.40. The van der Waals surface area contributed by atoms with Gasteiger partial charge in [-0.25, -0.2) is 14.3 Å². The van der Waals surface area contributed by atoms with Crippen LogP contribution in [0.1, 0.15) is 42.5 Å². The van der Waals surface area contributed by atoms with E-state index in [9.17, 15) is 22.8 Å². The van der Waals surface area contributed by atoms with Crippen LogP contribution in [-0.2, 0) is 22.2 Å². The molecule has 0 aliphatic rings. The molecule has 0 aromatic carbocycles. The Labute approximate surface area is 146 Å². The monoisotopic (exact) mass is 373 g/mol. The van der Waals surface area contributed by atoms with E-state index in [0.717, 1.165) is 4.52 Å². The number of rotatable bonds is 6. The van der Waals surface area contributed by atoms with E-state index < -0.39 is 29.9 Å². The van der Waals surface area contributed by atoms with Crippen LogP contribution in [0.15, 0.2) is 0 Å². The summed E-state index contributed by atoms with van der Waals surface area (Å²) in [7, 11) is 0. The number of nitrogens with zero attached hydrogens (tertiary/aromatic N) is 4. The second-order valence-corrected chi connectivity index (χ2v) is 5.77. The van der Waals surface area contributed by atoms with E-state index in [1.807, 2.05) is 0 Å². The second kappa shape index (κ2) is 7.26. The molecule has 1 amide bonds. The number of halogens is 3. The van der Waals surface area contributed by atoms with Gasteiger partial charge in [0.05, 0.1) is 0 Å². The quantitative estimate of drug-likeness (QED) is 0.797. The fourth-order valence-corrected chi connectivity index (χ4v) is 2.53. The summed E-state index contributed by atoms with van der Waals surface area (Å²) in [6.45, 7) is 4.80. The maximum absolute atomic E-state index is 12.8. The molecule has 2 aromatic heterocycles. The number of aromatic nitrogens is 4. The lowest BCUT2D eigenvalue weighted by molar-refractivity contribution is -0.144. The molecule has 0 fully saturated rings. The fourth-order valence-electron chi connectivity index (χ4n) is 2.53. The summed E-state index contributed by atoms with van der Waals surface area (Å²) in [6.07, 6.45) is -4.28. The number of fused-ring (bicyclic) bond motifs is 1. The minimum absolute atomic E-state index is 0.0283. The van der Waals surface area contributed by atoms with Crippen LogP contribution in [0.25, 0.3) is 5.78 Å². The van der Waals surface area contributed by atoms with E-state index >= 15 is 0 Å². The van der Waals surface area contributed by atoms with Crippen molar-refractivity contribution in [2.24, 2.45) is 0 Å². The Morgan fingerprint density at radius 3 is 2.46 bits per heavy atom. The highest BCUT2D eigenvalue weighted by Crippen LogP contribution is 2.27. The summed E-state index contributed by atoms with van der Waals surface area (Å²) in [5.41, 5.74) is 1.40. The zero-order valence-corrected chi connectivity index (χ0v) is 14.4. The third kappa shape index (κ3) is 4.09. The molecule has 0 saturated carbocycles. The van der Waals surface area contributed by atoms with Gasteiger partial charge in [-0.05, 0) is 32.3 Å². The van der Waals surface area contributed by atoms with Crippen molar-refractivity contribution in [3.05, 3.63) is 22.8 Å². The van der Waals surface area contributed by atoms with Crippen LogP contribution in [0.5, 0.6) is 0 Å². The van der Waals surface area contributed by atoms with E-state index in [1.165, 1.54) is 0 Å². The Morgan fingerprint density at radius 1 is 1.27 bits per heavy atom. The van der Waals surface area contributed by atoms with Crippen LogP contribution in [0.4, 0.5) is 13.2 Å². The van der Waals surface area contributed by atoms with Crippen molar-refractivity contribution in [3.8, 4) is 0 Å². The number of carbonyl (C=O) groups excluding carboxylic acids is 1. The Kier molecular flexibility index (Phi) is 5.47. The van der Waals surface area contributed by atoms with Gasteiger partial charge in [-0.1, -0.05) is 6.92 Å². The zero-order chi connectivity index (χ0) is 19.6. The highest BCUT2D eigenvalue weighted by molar-refractivity contribution is 5.83. The first-order valence-electron chi connectivity index (χ1n) is 7.86. The number of aryl methyl sites for hydroxylation is 2. The number of nitrogens with one attached hydrogen (secondary N) is 1. The summed E-state index contributed by atoms with van der Waals surface area (Å²) in [6, 6.07) is -0.977. The molecular weight excluding hydrogens is 355 g/mol. The highest BCUT2D eigenvalue weighted by Gasteiger charge is 2.37. The van der Waals surface area contributed by atoms with Gasteiger partial charge < -0.3 is 10.4 Å². The SMILES string of the molecule is CCC(NC(=O)CCc1c(C)nc2nc(C(F)(F)F)nn2c1C)C(=O)O. The van der Waals surface area contributed by atoms with E-state index in [-0.39, 0.29) is 25.0 Å². The normalized spacial score (nSPS) is 13.0. The average molecular weight is 373 g/mol. The van der Waals surface area contributed by atoms with E-state index in [0.29, 0.717) is 17.0 Å². The summed E-state index contributed by atoms with van der Waals surface area (Å²) in [5.74, 6) is -3.04. The molecule has 0 bridgehead atoms. The van der Waals surface area contributed by atoms with Gasteiger partial charge in [0, 0.05) is 17.8 Å². The van der Waals surface area contributed by atoms with Crippen molar-refractivity contribution in [2.75, 3.05) is 0 Å². The van der Waals surface area contributed by atoms with Gasteiger partial charge in [-0.3, -0.25) is 4.79 Å². The molecule has 11 heteroatoms. The van der Waals surface area contributed by atoms with Gasteiger partial charge in [-0.15, -0.1) is 5.10 Å². The van der Waals surface area contributed by atoms with Crippen molar-refractivity contribution in [1.82, 2.24) is 24.9 Å². The largest absolute Gasteiger partial charge is 0.480 e. The van der Waals surface area contributed by atoms with E-state index in [2.05, 4.69) is 20.4 Å². The summed E-state index contributed by atoms with van der Waals surface area (Å²) in [5, 5.41) is 14.8. The number of carboxylic acid groups (broad SMARTS) is 1. The van der Waals surface area contributed by atoms with Crippen molar-refractivity contribution in [1.29, 1.82) is 0 Å². The minimum atomic E-state index is -4.68. The molecule has 0 spiro atoms. The molecule has 26 heavy (non-hydrogen) atoms. The Balaban J connectivity index is 2.22. The zero-order valence-electron chi connectivity index (χ0n) is 14.4. The molecule has 2 rings (SSSR count). The molecular formula is C15H18F3N5O3. The third-order valence-corrected chi connectivity index (χ3v) is 3.95. The summed E-state index contributed by atoms with van der Waals surface area (Å²) >= 11 is 0. The Hall–Kier alpha value is -2.72. The standard InChI is InChI=1S/C15H18F3N5O3/c1-4-10(12(25)26)20-11(24)6-5-9-7(2)19-14-21-13(15(16,17)18)22-23(14)8(9)3/h10H,4-6H2,1-3H3,(H,20,24)(H,25,26). The molecule has 142 valence electrons. The van der Waals surface area contributed by atoms with Crippen molar-refractivity contribution in [3.63, 3.8) is 0 Å². The predicted molar refractivity (Wildman–Crippen MR) is 83.4 cm³/mol. The number of carboxylic acids is 1. The van der Waals surface area contributed by atoms with Gasteiger partial charge in [0.25, 0.3) is 11.6 Å². The third-order valence-electron chi connectivity index (χ3n) is 3.95. The first kappa shape index (κ1) is 19.6. The molecule has 8 nitrogen and oxygen atoms in total. The van der Waals surface area contributed by atoms with Crippen molar-refractivity contribution >= 4 is 17.7 Å². The molecule has 0 aliphatic carbocycles. The number of alkyl halides is 3. The molecule has 2 aromatic rings. The summed E-state index contributed by atoms with van der Waals surface area (Å²) < 4.78 is 39.3. The van der Waals surface area contributed by atoms with Gasteiger partial charge in [0.2, 0.25) is 5.91 Å². The molecule has 1 atom stereocenters. The fraction of sp³-hybridized carbons (Fsp3) is 0.533. The van der Waals surface area contributed by atoms with Crippen molar-refractivity contribution < 1.29 is 27.9 Å². The van der Waals surface area contributed by atoms with Crippen molar-refractivity contribution in [2.45, 2.75) is 52.3 Å². The van der Waals surface area contributed by atoms with Crippen LogP contribution in [0.2, 0.25) is 0 Å². The molecule has 0 saturated heterocycles. The van der Waals surface area contributed by atoms with Gasteiger partial charge >= 0.3 is 12.1 Å². The lowest BCUT2D eigenvalue weighted by Gasteiger charge is -2.13. The number of hydrogen-bond acceptors (Lipinski definition) is 5. The first-order valence-corrected chi connectivity index (χ1v) is 7.86. The molecule has 2 heterocycles. The van der Waals surface area contributed by atoms with Crippen LogP contribution < -0.4 is 5.32 Å². The molecule has 0 radical (unpaired) electrons. The number of aliphatic carboxylic acids is 1. The van der Waals surface area contributed by atoms with Crippen LogP contribution in [0, 0.1) is 13.8 Å². The van der Waals surface area contributed by atoms with E-state index in [4.69, 9.17) is 5.11 Å². The maximum atomic E-state index is 12.8. The van der Waals surface area contributed by atoms with Crippen LogP contribution in [0.3, 0.4) is 0 Å². The maximum Gasteiger partial charge on any atom is 0.453 e. The van der Waals surface area contributed by atoms with Gasteiger partial charge in [-0.2, -0.15) is 18.2 Å². The number of carbonyl (C=O) groups is 2. The Bertz CT molecular complexity index is 847. The molecule has 1 unspecified atom stereocenters. The smallest absolute Gasteiger partial charge is 0.453 e. The van der Waals surface area contributed by atoms with Gasteiger partial charge in [0.1, 0.15) is 6.04 Å². The van der Waals surface area contributed by atoms with Crippen LogP contribution in [-0.4, -0.2) is 42.6 Å². The lowest BCUT2D eigenvalue weighted by atomic mass is 10.1. The molecule has 2 N–H and O–H groups in total. The molecule has 0 aliphatic heterocycles. The highest BCUT2D eigenvalue weighted by atomic mass is 19.4. The topological polar surface area (TPSA) is 109 Å². The van der Waals surface area contributed by atoms with E-state index in [1.54, 1.807) is 20.8 Å². The number of amides is 1. The van der Waals surface area contributed by atoms with Crippen LogP contribution >= 0.6 is 0 Å². The Morgan fingerprint density at radius 2 is 1.92 bits per heavy atom. The first-order chi connectivity index (χ1) is 12.0. The number of hydrogen-bond donors (Lipinski definition) is 2. The average Bonchev–Trinajstić information content (AvgIpc) is 2.96. The second-order valence-electron chi connectivity index (χ2n) is 5.77. The minimum Gasteiger partial charge on any atom is -0.480 e. The summed E-state index contributed by atoms with van der Waals surface area (Å²) in [4.78, 5) is 30.3.